The van der Waals surface area contributed by atoms with Crippen LogP contribution < -0.4 is 26.6 Å². The smallest absolute Gasteiger partial charge is 0.325 e. The number of carboxylic acid groups (broad SMARTS) is 1. The number of thiophene rings is 1. The van der Waals surface area contributed by atoms with Gasteiger partial charge in [-0.15, -0.1) is 11.3 Å². The molecule has 6 unspecified atom stereocenters. The lowest BCUT2D eigenvalue weighted by Crippen LogP contribution is -2.59. The van der Waals surface area contributed by atoms with E-state index in [1.165, 1.54) is 18.3 Å². The Morgan fingerprint density at radius 2 is 1.22 bits per heavy atom. The molecule has 0 bridgehead atoms. The molecular formula is C46H49N5O8S. The molecule has 5 rings (SSSR count). The molecule has 0 fully saturated rings. The number of aliphatic hydroxyl groups is 1. The zero-order valence-electron chi connectivity index (χ0n) is 33.5. The molecule has 14 heteroatoms. The highest BCUT2D eigenvalue weighted by Gasteiger charge is 2.35. The van der Waals surface area contributed by atoms with Crippen LogP contribution in [0.2, 0.25) is 0 Å². The van der Waals surface area contributed by atoms with E-state index in [0.29, 0.717) is 16.8 Å². The molecule has 0 saturated carbocycles. The molecule has 13 nitrogen and oxygen atoms in total. The third-order valence-electron chi connectivity index (χ3n) is 9.91. The summed E-state index contributed by atoms with van der Waals surface area (Å²) in [5.74, 6) is -5.73. The van der Waals surface area contributed by atoms with Gasteiger partial charge in [0.1, 0.15) is 30.3 Å². The van der Waals surface area contributed by atoms with E-state index in [4.69, 9.17) is 0 Å². The molecule has 0 saturated heterocycles. The number of aliphatic hydroxyl groups excluding tert-OH is 1. The summed E-state index contributed by atoms with van der Waals surface area (Å²) in [5.41, 5.74) is 4.69. The highest BCUT2D eigenvalue weighted by molar-refractivity contribution is 7.09. The normalized spacial score (nSPS) is 13.9. The van der Waals surface area contributed by atoms with E-state index < -0.39 is 78.1 Å². The lowest BCUT2D eigenvalue weighted by Gasteiger charge is -2.29. The fraction of sp³-hybridized carbons (Fsp3) is 0.261. The van der Waals surface area contributed by atoms with Crippen molar-refractivity contribution in [3.05, 3.63) is 148 Å². The van der Waals surface area contributed by atoms with Crippen molar-refractivity contribution in [1.82, 2.24) is 21.3 Å². The lowest BCUT2D eigenvalue weighted by molar-refractivity contribution is -0.141. The van der Waals surface area contributed by atoms with E-state index >= 15 is 0 Å². The minimum absolute atomic E-state index is 0.0163. The number of rotatable bonds is 19. The fourth-order valence-electron chi connectivity index (χ4n) is 6.39. The van der Waals surface area contributed by atoms with E-state index in [1.807, 2.05) is 66.9 Å². The molecule has 5 amide bonds. The molecule has 60 heavy (non-hydrogen) atoms. The standard InChI is InChI=1S/C46H49N5O8S/c1-28-16-22-35(23-17-28)48-44(56)39(52)27-40(53)49-38(26-36-15-10-24-60-36)43(55)51-41(29(2)32-18-20-34(21-19-32)33-13-8-5-9-14-33)45(57)50-37(25-31-11-6-4-7-12-31)42(54)47-30(3)46(58)59/h4-24,29-30,37-39,41,52H,25-27H2,1-3H3,(H,47,54)(H,48,56)(H,49,53)(H,50,57)(H,51,55)(H,58,59). The van der Waals surface area contributed by atoms with Gasteiger partial charge in [0, 0.05) is 29.3 Å². The van der Waals surface area contributed by atoms with Gasteiger partial charge in [-0.25, -0.2) is 0 Å². The summed E-state index contributed by atoms with van der Waals surface area (Å²) < 4.78 is 0. The molecule has 0 aliphatic carbocycles. The van der Waals surface area contributed by atoms with E-state index in [-0.39, 0.29) is 12.8 Å². The molecule has 4 aromatic carbocycles. The van der Waals surface area contributed by atoms with E-state index in [9.17, 15) is 39.0 Å². The van der Waals surface area contributed by atoms with Crippen molar-refractivity contribution in [2.75, 3.05) is 5.32 Å². The third kappa shape index (κ3) is 12.9. The number of hydrogen-bond donors (Lipinski definition) is 7. The quantitative estimate of drug-likeness (QED) is 0.0618. The number of anilines is 1. The first-order chi connectivity index (χ1) is 28.8. The fourth-order valence-corrected chi connectivity index (χ4v) is 7.15. The van der Waals surface area contributed by atoms with Gasteiger partial charge in [-0.1, -0.05) is 116 Å². The average molecular weight is 832 g/mol. The van der Waals surface area contributed by atoms with E-state index in [1.54, 1.807) is 73.7 Å². The number of aliphatic carboxylic acids is 1. The van der Waals surface area contributed by atoms with Crippen LogP contribution in [0.1, 0.15) is 47.8 Å². The summed E-state index contributed by atoms with van der Waals surface area (Å²) in [6.07, 6.45) is -2.33. The molecule has 6 atom stereocenters. The van der Waals surface area contributed by atoms with Gasteiger partial charge in [0.15, 0.2) is 0 Å². The maximum Gasteiger partial charge on any atom is 0.325 e. The number of aryl methyl sites for hydroxylation is 1. The number of carbonyl (C=O) groups excluding carboxylic acids is 5. The summed E-state index contributed by atoms with van der Waals surface area (Å²) in [5, 5.41) is 35.2. The Morgan fingerprint density at radius 3 is 1.83 bits per heavy atom. The Hall–Kier alpha value is -6.64. The Labute approximate surface area is 352 Å². The van der Waals surface area contributed by atoms with Crippen LogP contribution >= 0.6 is 11.3 Å². The molecular weight excluding hydrogens is 783 g/mol. The monoisotopic (exact) mass is 831 g/mol. The van der Waals surface area contributed by atoms with Crippen LogP contribution in [-0.4, -0.2) is 76.0 Å². The van der Waals surface area contributed by atoms with Gasteiger partial charge in [0.25, 0.3) is 5.91 Å². The zero-order valence-corrected chi connectivity index (χ0v) is 34.3. The number of carbonyl (C=O) groups is 6. The minimum Gasteiger partial charge on any atom is -0.480 e. The lowest BCUT2D eigenvalue weighted by atomic mass is 9.90. The largest absolute Gasteiger partial charge is 0.480 e. The number of hydrogen-bond acceptors (Lipinski definition) is 8. The van der Waals surface area contributed by atoms with Crippen LogP contribution in [0, 0.1) is 6.92 Å². The number of nitrogens with one attached hydrogen (secondary N) is 5. The van der Waals surface area contributed by atoms with E-state index in [0.717, 1.165) is 21.6 Å². The first kappa shape index (κ1) is 44.5. The first-order valence-electron chi connectivity index (χ1n) is 19.5. The Morgan fingerprint density at radius 1 is 0.617 bits per heavy atom. The molecule has 312 valence electrons. The molecule has 5 aromatic rings. The van der Waals surface area contributed by atoms with Crippen molar-refractivity contribution in [2.24, 2.45) is 0 Å². The SMILES string of the molecule is Cc1ccc(NC(=O)C(O)CC(=O)NC(Cc2cccs2)C(=O)NC(C(=O)NC(Cc2ccccc2)C(=O)NC(C)C(=O)O)C(C)c2ccc(-c3ccccc3)cc2)cc1. The average Bonchev–Trinajstić information content (AvgIpc) is 3.76. The Kier molecular flexibility index (Phi) is 15.8. The van der Waals surface area contributed by atoms with Crippen LogP contribution in [0.5, 0.6) is 0 Å². The van der Waals surface area contributed by atoms with Gasteiger partial charge >= 0.3 is 5.97 Å². The van der Waals surface area contributed by atoms with Crippen molar-refractivity contribution in [2.45, 2.75) is 76.2 Å². The van der Waals surface area contributed by atoms with Gasteiger partial charge in [-0.2, -0.15) is 0 Å². The summed E-state index contributed by atoms with van der Waals surface area (Å²) in [7, 11) is 0. The summed E-state index contributed by atoms with van der Waals surface area (Å²) in [4.78, 5) is 80.9. The molecule has 7 N–H and O–H groups in total. The Balaban J connectivity index is 1.41. The summed E-state index contributed by atoms with van der Waals surface area (Å²) >= 11 is 1.35. The molecule has 0 aliphatic heterocycles. The van der Waals surface area contributed by atoms with Crippen LogP contribution in [-0.2, 0) is 41.6 Å². The maximum absolute atomic E-state index is 14.5. The van der Waals surface area contributed by atoms with Gasteiger partial charge in [0.2, 0.25) is 23.6 Å². The second kappa shape index (κ2) is 21.4. The van der Waals surface area contributed by atoms with Gasteiger partial charge in [-0.05, 0) is 59.7 Å². The maximum atomic E-state index is 14.5. The van der Waals surface area contributed by atoms with Crippen LogP contribution in [0.4, 0.5) is 5.69 Å². The van der Waals surface area contributed by atoms with E-state index in [2.05, 4.69) is 26.6 Å². The first-order valence-corrected chi connectivity index (χ1v) is 20.4. The summed E-state index contributed by atoms with van der Waals surface area (Å²) in [6, 6.07) is 31.5. The van der Waals surface area contributed by atoms with Crippen LogP contribution in [0.25, 0.3) is 11.1 Å². The van der Waals surface area contributed by atoms with Gasteiger partial charge in [-0.3, -0.25) is 28.8 Å². The molecule has 0 spiro atoms. The van der Waals surface area contributed by atoms with Crippen LogP contribution in [0.3, 0.4) is 0 Å². The summed E-state index contributed by atoms with van der Waals surface area (Å²) in [6.45, 7) is 4.94. The van der Waals surface area contributed by atoms with Gasteiger partial charge in [0.05, 0.1) is 6.42 Å². The van der Waals surface area contributed by atoms with Gasteiger partial charge < -0.3 is 36.8 Å². The molecule has 1 heterocycles. The molecule has 0 radical (unpaired) electrons. The second-order valence-electron chi connectivity index (χ2n) is 14.6. The van der Waals surface area contributed by atoms with Crippen molar-refractivity contribution < 1.29 is 39.0 Å². The van der Waals surface area contributed by atoms with Crippen LogP contribution in [0.15, 0.2) is 127 Å². The Bertz CT molecular complexity index is 2220. The van der Waals surface area contributed by atoms with Crippen molar-refractivity contribution in [1.29, 1.82) is 0 Å². The minimum atomic E-state index is -1.73. The highest BCUT2D eigenvalue weighted by Crippen LogP contribution is 2.25. The predicted molar refractivity (Wildman–Crippen MR) is 230 cm³/mol. The number of carboxylic acids is 1. The number of benzene rings is 4. The highest BCUT2D eigenvalue weighted by atomic mass is 32.1. The third-order valence-corrected chi connectivity index (χ3v) is 10.8. The molecule has 0 aliphatic rings. The predicted octanol–water partition coefficient (Wildman–Crippen LogP) is 4.75. The van der Waals surface area contributed by atoms with Crippen molar-refractivity contribution >= 4 is 52.5 Å². The number of amides is 5. The second-order valence-corrected chi connectivity index (χ2v) is 15.6. The van der Waals surface area contributed by atoms with Crippen molar-refractivity contribution in [3.63, 3.8) is 0 Å². The molecule has 1 aromatic heterocycles. The topological polar surface area (TPSA) is 203 Å². The zero-order chi connectivity index (χ0) is 43.2. The van der Waals surface area contributed by atoms with Crippen molar-refractivity contribution in [3.8, 4) is 11.1 Å².